The first-order chi connectivity index (χ1) is 8.70. The molecular formula is C13H19BrN2OS. The molecule has 0 spiro atoms. The Morgan fingerprint density at radius 2 is 2.22 bits per heavy atom. The van der Waals surface area contributed by atoms with Crippen LogP contribution in [-0.4, -0.2) is 37.0 Å². The van der Waals surface area contributed by atoms with E-state index in [2.05, 4.69) is 28.2 Å². The number of nitrogens with one attached hydrogen (secondary N) is 1. The van der Waals surface area contributed by atoms with Gasteiger partial charge in [0.05, 0.1) is 8.66 Å². The maximum atomic E-state index is 12.2. The molecule has 0 radical (unpaired) electrons. The molecule has 2 heterocycles. The molecule has 0 aromatic carbocycles. The normalized spacial score (nSPS) is 17.1. The van der Waals surface area contributed by atoms with Gasteiger partial charge in [-0.05, 0) is 59.9 Å². The van der Waals surface area contributed by atoms with Crippen LogP contribution in [0.4, 0.5) is 0 Å². The molecule has 0 saturated carbocycles. The van der Waals surface area contributed by atoms with Crippen molar-refractivity contribution in [3.8, 4) is 0 Å². The lowest BCUT2D eigenvalue weighted by Crippen LogP contribution is -2.40. The Hall–Kier alpha value is -0.390. The van der Waals surface area contributed by atoms with E-state index in [1.165, 1.54) is 11.3 Å². The highest BCUT2D eigenvalue weighted by atomic mass is 79.9. The van der Waals surface area contributed by atoms with Crippen molar-refractivity contribution in [1.82, 2.24) is 10.2 Å². The van der Waals surface area contributed by atoms with E-state index in [1.54, 1.807) is 0 Å². The Kier molecular flexibility index (Phi) is 5.21. The number of hydrogen-bond acceptors (Lipinski definition) is 3. The molecule has 0 unspecified atom stereocenters. The maximum absolute atomic E-state index is 12.2. The molecule has 1 aromatic heterocycles. The molecule has 2 rings (SSSR count). The third-order valence-electron chi connectivity index (χ3n) is 3.37. The molecule has 1 saturated heterocycles. The van der Waals surface area contributed by atoms with E-state index in [-0.39, 0.29) is 5.91 Å². The smallest absolute Gasteiger partial charge is 0.263 e. The van der Waals surface area contributed by atoms with Gasteiger partial charge in [-0.2, -0.15) is 0 Å². The fourth-order valence-electron chi connectivity index (χ4n) is 2.27. The van der Waals surface area contributed by atoms with Gasteiger partial charge in [-0.3, -0.25) is 4.79 Å². The van der Waals surface area contributed by atoms with Gasteiger partial charge in [-0.1, -0.05) is 6.92 Å². The summed E-state index contributed by atoms with van der Waals surface area (Å²) in [4.78, 5) is 15.1. The van der Waals surface area contributed by atoms with E-state index in [1.807, 2.05) is 17.0 Å². The minimum atomic E-state index is 0.188. The van der Waals surface area contributed by atoms with E-state index < -0.39 is 0 Å². The van der Waals surface area contributed by atoms with E-state index in [0.717, 1.165) is 53.6 Å². The van der Waals surface area contributed by atoms with Gasteiger partial charge >= 0.3 is 0 Å². The summed E-state index contributed by atoms with van der Waals surface area (Å²) in [7, 11) is 0. The van der Waals surface area contributed by atoms with Crippen LogP contribution in [0, 0.1) is 5.92 Å². The first kappa shape index (κ1) is 14.0. The molecule has 0 aliphatic carbocycles. The summed E-state index contributed by atoms with van der Waals surface area (Å²) in [6.07, 6.45) is 2.23. The average molecular weight is 331 g/mol. The van der Waals surface area contributed by atoms with Gasteiger partial charge in [-0.25, -0.2) is 0 Å². The molecular weight excluding hydrogens is 312 g/mol. The number of piperidine rings is 1. The number of halogens is 1. The lowest BCUT2D eigenvalue weighted by atomic mass is 9.96. The summed E-state index contributed by atoms with van der Waals surface area (Å²) >= 11 is 4.92. The SMILES string of the molecule is CCNCC1CCN(C(=O)c2ccc(Br)s2)CC1. The van der Waals surface area contributed by atoms with E-state index in [9.17, 15) is 4.79 Å². The predicted molar refractivity (Wildman–Crippen MR) is 79.2 cm³/mol. The zero-order valence-electron chi connectivity index (χ0n) is 10.6. The topological polar surface area (TPSA) is 32.3 Å². The van der Waals surface area contributed by atoms with Gasteiger partial charge in [0.25, 0.3) is 5.91 Å². The van der Waals surface area contributed by atoms with E-state index in [0.29, 0.717) is 0 Å². The zero-order chi connectivity index (χ0) is 13.0. The first-order valence-electron chi connectivity index (χ1n) is 6.46. The lowest BCUT2D eigenvalue weighted by molar-refractivity contribution is 0.0695. The summed E-state index contributed by atoms with van der Waals surface area (Å²) in [5.74, 6) is 0.914. The van der Waals surface area contributed by atoms with Gasteiger partial charge < -0.3 is 10.2 Å². The third-order valence-corrected chi connectivity index (χ3v) is 4.98. The Balaban J connectivity index is 1.84. The van der Waals surface area contributed by atoms with Gasteiger partial charge in [0.2, 0.25) is 0 Å². The largest absolute Gasteiger partial charge is 0.338 e. The number of carbonyl (C=O) groups is 1. The molecule has 1 aromatic rings. The van der Waals surface area contributed by atoms with Crippen LogP contribution < -0.4 is 5.32 Å². The second kappa shape index (κ2) is 6.68. The first-order valence-corrected chi connectivity index (χ1v) is 8.07. The van der Waals surface area contributed by atoms with Crippen LogP contribution in [0.3, 0.4) is 0 Å². The second-order valence-electron chi connectivity index (χ2n) is 4.65. The summed E-state index contributed by atoms with van der Waals surface area (Å²) in [6.45, 7) is 6.04. The predicted octanol–water partition coefficient (Wildman–Crippen LogP) is 2.97. The van der Waals surface area contributed by atoms with Crippen molar-refractivity contribution in [1.29, 1.82) is 0 Å². The Morgan fingerprint density at radius 1 is 1.50 bits per heavy atom. The van der Waals surface area contributed by atoms with E-state index in [4.69, 9.17) is 0 Å². The van der Waals surface area contributed by atoms with Crippen molar-refractivity contribution in [2.75, 3.05) is 26.2 Å². The van der Waals surface area contributed by atoms with Crippen LogP contribution in [-0.2, 0) is 0 Å². The number of likely N-dealkylation sites (tertiary alicyclic amines) is 1. The van der Waals surface area contributed by atoms with Crippen LogP contribution in [0.5, 0.6) is 0 Å². The molecule has 5 heteroatoms. The molecule has 1 aliphatic rings. The van der Waals surface area contributed by atoms with Gasteiger partial charge in [0.1, 0.15) is 0 Å². The highest BCUT2D eigenvalue weighted by Gasteiger charge is 2.24. The van der Waals surface area contributed by atoms with Crippen molar-refractivity contribution in [2.45, 2.75) is 19.8 Å². The van der Waals surface area contributed by atoms with Gasteiger partial charge in [0, 0.05) is 13.1 Å². The van der Waals surface area contributed by atoms with Gasteiger partial charge in [-0.15, -0.1) is 11.3 Å². The molecule has 1 aliphatic heterocycles. The van der Waals surface area contributed by atoms with Crippen molar-refractivity contribution in [3.63, 3.8) is 0 Å². The number of rotatable bonds is 4. The lowest BCUT2D eigenvalue weighted by Gasteiger charge is -2.31. The minimum Gasteiger partial charge on any atom is -0.338 e. The minimum absolute atomic E-state index is 0.188. The monoisotopic (exact) mass is 330 g/mol. The van der Waals surface area contributed by atoms with E-state index >= 15 is 0 Å². The van der Waals surface area contributed by atoms with Crippen molar-refractivity contribution in [2.24, 2.45) is 5.92 Å². The molecule has 1 amide bonds. The summed E-state index contributed by atoms with van der Waals surface area (Å²) in [6, 6.07) is 3.84. The number of thiophene rings is 1. The quantitative estimate of drug-likeness (QED) is 0.920. The molecule has 1 fully saturated rings. The van der Waals surface area contributed by atoms with Crippen LogP contribution in [0.2, 0.25) is 0 Å². The molecule has 3 nitrogen and oxygen atoms in total. The fourth-order valence-corrected chi connectivity index (χ4v) is 3.63. The van der Waals surface area contributed by atoms with Crippen LogP contribution in [0.15, 0.2) is 15.9 Å². The Morgan fingerprint density at radius 3 is 2.78 bits per heavy atom. The van der Waals surface area contributed by atoms with Crippen LogP contribution in [0.25, 0.3) is 0 Å². The average Bonchev–Trinajstić information content (AvgIpc) is 2.83. The second-order valence-corrected chi connectivity index (χ2v) is 7.11. The van der Waals surface area contributed by atoms with Crippen molar-refractivity contribution in [3.05, 3.63) is 20.8 Å². The van der Waals surface area contributed by atoms with Crippen molar-refractivity contribution < 1.29 is 4.79 Å². The third kappa shape index (κ3) is 3.56. The maximum Gasteiger partial charge on any atom is 0.263 e. The molecule has 0 atom stereocenters. The number of amides is 1. The molecule has 1 N–H and O–H groups in total. The standard InChI is InChI=1S/C13H19BrN2OS/c1-2-15-9-10-5-7-16(8-6-10)13(17)11-3-4-12(14)18-11/h3-4,10,15H,2,5-9H2,1H3. The number of hydrogen-bond donors (Lipinski definition) is 1. The summed E-state index contributed by atoms with van der Waals surface area (Å²) < 4.78 is 1.02. The summed E-state index contributed by atoms with van der Waals surface area (Å²) in [5, 5.41) is 3.39. The number of nitrogens with zero attached hydrogens (tertiary/aromatic N) is 1. The Bertz CT molecular complexity index is 399. The van der Waals surface area contributed by atoms with Crippen LogP contribution >= 0.6 is 27.3 Å². The molecule has 18 heavy (non-hydrogen) atoms. The van der Waals surface area contributed by atoms with Crippen molar-refractivity contribution >= 4 is 33.2 Å². The highest BCUT2D eigenvalue weighted by Crippen LogP contribution is 2.25. The summed E-state index contributed by atoms with van der Waals surface area (Å²) in [5.41, 5.74) is 0. The highest BCUT2D eigenvalue weighted by molar-refractivity contribution is 9.11. The van der Waals surface area contributed by atoms with Crippen LogP contribution in [0.1, 0.15) is 29.4 Å². The molecule has 100 valence electrons. The molecule has 0 bridgehead atoms. The van der Waals surface area contributed by atoms with Gasteiger partial charge in [0.15, 0.2) is 0 Å². The Labute approximate surface area is 121 Å². The zero-order valence-corrected chi connectivity index (χ0v) is 13.0. The number of carbonyl (C=O) groups excluding carboxylic acids is 1. The fraction of sp³-hybridized carbons (Fsp3) is 0.615.